The van der Waals surface area contributed by atoms with Crippen LogP contribution in [-0.2, 0) is 16.0 Å². The van der Waals surface area contributed by atoms with Gasteiger partial charge < -0.3 is 20.1 Å². The Morgan fingerprint density at radius 1 is 1.25 bits per heavy atom. The second-order valence-electron chi connectivity index (χ2n) is 7.11. The molecular weight excluding hydrogens is 308 g/mol. The van der Waals surface area contributed by atoms with Crippen LogP contribution in [0.25, 0.3) is 0 Å². The van der Waals surface area contributed by atoms with Crippen LogP contribution in [0.5, 0.6) is 0 Å². The zero-order chi connectivity index (χ0) is 17.7. The maximum atomic E-state index is 11.8. The summed E-state index contributed by atoms with van der Waals surface area (Å²) in [6.45, 7) is 7.08. The number of piperidine rings is 1. The van der Waals surface area contributed by atoms with E-state index in [0.717, 1.165) is 37.2 Å². The van der Waals surface area contributed by atoms with Crippen molar-refractivity contribution in [3.63, 3.8) is 0 Å². The first-order valence-electron chi connectivity index (χ1n) is 8.29. The molecule has 0 unspecified atom stereocenters. The molecule has 2 N–H and O–H groups in total. The Morgan fingerprint density at radius 2 is 1.88 bits per heavy atom. The van der Waals surface area contributed by atoms with Crippen LogP contribution in [0, 0.1) is 0 Å². The first-order valence-corrected chi connectivity index (χ1v) is 8.29. The summed E-state index contributed by atoms with van der Waals surface area (Å²) in [6, 6.07) is 7.68. The summed E-state index contributed by atoms with van der Waals surface area (Å²) in [6.07, 6.45) is 1.25. The highest BCUT2D eigenvalue weighted by Gasteiger charge is 2.24. The molecule has 1 heterocycles. The molecule has 0 spiro atoms. The lowest BCUT2D eigenvalue weighted by atomic mass is 10.0. The lowest BCUT2D eigenvalue weighted by molar-refractivity contribution is -0.136. The highest BCUT2D eigenvalue weighted by Crippen LogP contribution is 2.25. The third-order valence-corrected chi connectivity index (χ3v) is 3.89. The van der Waals surface area contributed by atoms with Crippen molar-refractivity contribution < 1.29 is 19.4 Å². The summed E-state index contributed by atoms with van der Waals surface area (Å²) in [4.78, 5) is 25.0. The van der Waals surface area contributed by atoms with Gasteiger partial charge in [-0.3, -0.25) is 4.79 Å². The molecular formula is C18H26N2O4. The zero-order valence-electron chi connectivity index (χ0n) is 14.5. The van der Waals surface area contributed by atoms with E-state index in [9.17, 15) is 9.59 Å². The lowest BCUT2D eigenvalue weighted by Gasteiger charge is -2.35. The third kappa shape index (κ3) is 5.44. The van der Waals surface area contributed by atoms with E-state index in [1.807, 2.05) is 45.0 Å². The second kappa shape index (κ2) is 7.55. The van der Waals surface area contributed by atoms with E-state index in [0.29, 0.717) is 0 Å². The van der Waals surface area contributed by atoms with Crippen LogP contribution in [-0.4, -0.2) is 41.9 Å². The summed E-state index contributed by atoms with van der Waals surface area (Å²) in [5.41, 5.74) is 1.29. The number of alkyl carbamates (subject to hydrolysis) is 1. The van der Waals surface area contributed by atoms with Gasteiger partial charge in [0.05, 0.1) is 6.42 Å². The Balaban J connectivity index is 1.91. The van der Waals surface area contributed by atoms with Gasteiger partial charge in [0.1, 0.15) is 5.60 Å². The minimum Gasteiger partial charge on any atom is -0.481 e. The Morgan fingerprint density at radius 3 is 2.46 bits per heavy atom. The molecule has 1 fully saturated rings. The molecule has 132 valence electrons. The van der Waals surface area contributed by atoms with Gasteiger partial charge in [-0.15, -0.1) is 0 Å². The summed E-state index contributed by atoms with van der Waals surface area (Å²) in [5.74, 6) is -0.830. The summed E-state index contributed by atoms with van der Waals surface area (Å²) in [7, 11) is 0. The summed E-state index contributed by atoms with van der Waals surface area (Å²) < 4.78 is 5.29. The number of nitrogens with one attached hydrogen (secondary N) is 1. The van der Waals surface area contributed by atoms with E-state index in [4.69, 9.17) is 9.84 Å². The van der Waals surface area contributed by atoms with Crippen molar-refractivity contribution in [3.05, 3.63) is 29.8 Å². The SMILES string of the molecule is CC(C)(C)OC(=O)NC1CCN(c2ccccc2CC(=O)O)CC1. The fraction of sp³-hybridized carbons (Fsp3) is 0.556. The molecule has 24 heavy (non-hydrogen) atoms. The number of carboxylic acid groups (broad SMARTS) is 1. The van der Waals surface area contributed by atoms with Crippen molar-refractivity contribution in [2.75, 3.05) is 18.0 Å². The van der Waals surface area contributed by atoms with E-state index in [1.165, 1.54) is 0 Å². The fourth-order valence-electron chi connectivity index (χ4n) is 2.87. The number of carbonyl (C=O) groups is 2. The normalized spacial score (nSPS) is 15.9. The minimum atomic E-state index is -0.830. The highest BCUT2D eigenvalue weighted by atomic mass is 16.6. The average Bonchev–Trinajstić information content (AvgIpc) is 2.46. The predicted molar refractivity (Wildman–Crippen MR) is 92.4 cm³/mol. The second-order valence-corrected chi connectivity index (χ2v) is 7.11. The number of anilines is 1. The van der Waals surface area contributed by atoms with Gasteiger partial charge in [0, 0.05) is 24.8 Å². The van der Waals surface area contributed by atoms with Crippen molar-refractivity contribution in [2.24, 2.45) is 0 Å². The molecule has 6 heteroatoms. The molecule has 1 aliphatic rings. The molecule has 1 amide bonds. The minimum absolute atomic E-state index is 0.0201. The van der Waals surface area contributed by atoms with Crippen LogP contribution in [0.2, 0.25) is 0 Å². The number of aliphatic carboxylic acids is 1. The number of para-hydroxylation sites is 1. The van der Waals surface area contributed by atoms with Crippen LogP contribution < -0.4 is 10.2 Å². The van der Waals surface area contributed by atoms with Crippen molar-refractivity contribution >= 4 is 17.7 Å². The number of nitrogens with zero attached hydrogens (tertiary/aromatic N) is 1. The zero-order valence-corrected chi connectivity index (χ0v) is 14.5. The molecule has 0 saturated carbocycles. The number of carboxylic acids is 1. The van der Waals surface area contributed by atoms with Crippen LogP contribution in [0.4, 0.5) is 10.5 Å². The molecule has 0 aliphatic carbocycles. The van der Waals surface area contributed by atoms with E-state index in [2.05, 4.69) is 10.2 Å². The van der Waals surface area contributed by atoms with Gasteiger partial charge >= 0.3 is 12.1 Å². The molecule has 1 saturated heterocycles. The van der Waals surface area contributed by atoms with Gasteiger partial charge in [-0.05, 0) is 45.2 Å². The van der Waals surface area contributed by atoms with Crippen LogP contribution in [0.3, 0.4) is 0 Å². The maximum absolute atomic E-state index is 11.8. The number of rotatable bonds is 4. The van der Waals surface area contributed by atoms with E-state index >= 15 is 0 Å². The smallest absolute Gasteiger partial charge is 0.407 e. The van der Waals surface area contributed by atoms with E-state index < -0.39 is 11.6 Å². The lowest BCUT2D eigenvalue weighted by Crippen LogP contribution is -2.46. The monoisotopic (exact) mass is 334 g/mol. The Hall–Kier alpha value is -2.24. The van der Waals surface area contributed by atoms with Crippen LogP contribution in [0.15, 0.2) is 24.3 Å². The topological polar surface area (TPSA) is 78.9 Å². The number of hydrogen-bond acceptors (Lipinski definition) is 4. The van der Waals surface area contributed by atoms with Gasteiger partial charge in [-0.2, -0.15) is 0 Å². The van der Waals surface area contributed by atoms with Gasteiger partial charge in [-0.25, -0.2) is 4.79 Å². The Kier molecular flexibility index (Phi) is 5.70. The van der Waals surface area contributed by atoms with Crippen molar-refractivity contribution in [2.45, 2.75) is 51.7 Å². The molecule has 1 aliphatic heterocycles. The summed E-state index contributed by atoms with van der Waals surface area (Å²) in [5, 5.41) is 12.0. The van der Waals surface area contributed by atoms with Gasteiger partial charge in [0.2, 0.25) is 0 Å². The Labute approximate surface area is 142 Å². The predicted octanol–water partition coefficient (Wildman–Crippen LogP) is 2.81. The number of hydrogen-bond donors (Lipinski definition) is 2. The molecule has 0 aromatic heterocycles. The largest absolute Gasteiger partial charge is 0.481 e. The standard InChI is InChI=1S/C18H26N2O4/c1-18(2,3)24-17(23)19-14-8-10-20(11-9-14)15-7-5-4-6-13(15)12-16(21)22/h4-7,14H,8-12H2,1-3H3,(H,19,23)(H,21,22). The first kappa shape index (κ1) is 18.1. The number of carbonyl (C=O) groups excluding carboxylic acids is 1. The fourth-order valence-corrected chi connectivity index (χ4v) is 2.87. The van der Waals surface area contributed by atoms with E-state index in [1.54, 1.807) is 0 Å². The van der Waals surface area contributed by atoms with Crippen molar-refractivity contribution in [3.8, 4) is 0 Å². The summed E-state index contributed by atoms with van der Waals surface area (Å²) >= 11 is 0. The average molecular weight is 334 g/mol. The first-order chi connectivity index (χ1) is 11.2. The molecule has 1 aromatic carbocycles. The molecule has 1 aromatic rings. The quantitative estimate of drug-likeness (QED) is 0.885. The maximum Gasteiger partial charge on any atom is 0.407 e. The molecule has 0 atom stereocenters. The van der Waals surface area contributed by atoms with Crippen molar-refractivity contribution in [1.29, 1.82) is 0 Å². The molecule has 0 radical (unpaired) electrons. The van der Waals surface area contributed by atoms with E-state index in [-0.39, 0.29) is 18.6 Å². The molecule has 6 nitrogen and oxygen atoms in total. The number of ether oxygens (including phenoxy) is 1. The van der Waals surface area contributed by atoms with Gasteiger partial charge in [0.25, 0.3) is 0 Å². The molecule has 0 bridgehead atoms. The molecule has 2 rings (SSSR count). The highest BCUT2D eigenvalue weighted by molar-refractivity contribution is 5.73. The number of amides is 1. The third-order valence-electron chi connectivity index (χ3n) is 3.89. The Bertz CT molecular complexity index is 587. The number of benzene rings is 1. The van der Waals surface area contributed by atoms with Gasteiger partial charge in [0.15, 0.2) is 0 Å². The van der Waals surface area contributed by atoms with Gasteiger partial charge in [-0.1, -0.05) is 18.2 Å². The van der Waals surface area contributed by atoms with Crippen molar-refractivity contribution in [1.82, 2.24) is 5.32 Å². The van der Waals surface area contributed by atoms with Crippen LogP contribution in [0.1, 0.15) is 39.2 Å². The van der Waals surface area contributed by atoms with Crippen LogP contribution >= 0.6 is 0 Å².